The molecule has 1 aliphatic heterocycles. The van der Waals surface area contributed by atoms with Gasteiger partial charge in [0.15, 0.2) is 11.5 Å². The first-order chi connectivity index (χ1) is 15.1. The van der Waals surface area contributed by atoms with Crippen LogP contribution in [-0.4, -0.2) is 55.4 Å². The average Bonchev–Trinajstić information content (AvgIpc) is 3.33. The van der Waals surface area contributed by atoms with Crippen molar-refractivity contribution in [2.75, 3.05) is 38.1 Å². The number of hydrogen-bond acceptors (Lipinski definition) is 9. The lowest BCUT2D eigenvalue weighted by atomic mass is 10.2. The first-order valence-electron chi connectivity index (χ1n) is 9.96. The molecule has 1 aliphatic rings. The lowest BCUT2D eigenvalue weighted by Crippen LogP contribution is -2.29. The predicted octanol–water partition coefficient (Wildman–Crippen LogP) is 2.40. The number of rotatable bonds is 9. The molecule has 2 N–H and O–H groups in total. The molecule has 0 bridgehead atoms. The fourth-order valence-electron chi connectivity index (χ4n) is 3.16. The SMILES string of the molecule is CCOC(=O)c1ncnc(NCc2ccc(OC)cc2OC)c1NC(=O)C1CCCO1. The van der Waals surface area contributed by atoms with Crippen molar-refractivity contribution in [2.45, 2.75) is 32.4 Å². The minimum absolute atomic E-state index is 0.0348. The van der Waals surface area contributed by atoms with Crippen LogP contribution in [0.25, 0.3) is 0 Å². The molecule has 1 aromatic carbocycles. The Kier molecular flexibility index (Phi) is 7.60. The third-order valence-corrected chi connectivity index (χ3v) is 4.73. The Morgan fingerprint density at radius 2 is 2.06 bits per heavy atom. The van der Waals surface area contributed by atoms with Gasteiger partial charge in [-0.05, 0) is 31.9 Å². The number of ether oxygens (including phenoxy) is 4. The summed E-state index contributed by atoms with van der Waals surface area (Å²) < 4.78 is 21.2. The maximum Gasteiger partial charge on any atom is 0.359 e. The van der Waals surface area contributed by atoms with E-state index in [2.05, 4.69) is 20.6 Å². The zero-order valence-corrected chi connectivity index (χ0v) is 17.8. The number of aromatic nitrogens is 2. The quantitative estimate of drug-likeness (QED) is 0.578. The zero-order chi connectivity index (χ0) is 22.2. The van der Waals surface area contributed by atoms with Crippen molar-refractivity contribution in [3.8, 4) is 11.5 Å². The van der Waals surface area contributed by atoms with E-state index >= 15 is 0 Å². The third-order valence-electron chi connectivity index (χ3n) is 4.73. The van der Waals surface area contributed by atoms with Crippen LogP contribution in [0.2, 0.25) is 0 Å². The maximum absolute atomic E-state index is 12.6. The van der Waals surface area contributed by atoms with Gasteiger partial charge in [-0.2, -0.15) is 0 Å². The molecule has 1 saturated heterocycles. The molecule has 1 atom stereocenters. The highest BCUT2D eigenvalue weighted by atomic mass is 16.5. The fourth-order valence-corrected chi connectivity index (χ4v) is 3.16. The predicted molar refractivity (Wildman–Crippen MR) is 112 cm³/mol. The second kappa shape index (κ2) is 10.6. The summed E-state index contributed by atoms with van der Waals surface area (Å²) in [5, 5.41) is 5.88. The molecular weight excluding hydrogens is 404 g/mol. The molecule has 0 saturated carbocycles. The molecule has 1 aromatic heterocycles. The lowest BCUT2D eigenvalue weighted by Gasteiger charge is -2.17. The molecular formula is C21H26N4O6. The fraction of sp³-hybridized carbons (Fsp3) is 0.429. The Hall–Kier alpha value is -3.40. The van der Waals surface area contributed by atoms with Crippen LogP contribution in [0.5, 0.6) is 11.5 Å². The van der Waals surface area contributed by atoms with Crippen LogP contribution >= 0.6 is 0 Å². The summed E-state index contributed by atoms with van der Waals surface area (Å²) >= 11 is 0. The van der Waals surface area contributed by atoms with Crippen molar-refractivity contribution in [2.24, 2.45) is 0 Å². The first-order valence-corrected chi connectivity index (χ1v) is 9.96. The van der Waals surface area contributed by atoms with Gasteiger partial charge in [0, 0.05) is 24.8 Å². The molecule has 3 rings (SSSR count). The van der Waals surface area contributed by atoms with Crippen LogP contribution in [-0.2, 0) is 20.8 Å². The number of nitrogens with one attached hydrogen (secondary N) is 2. The Morgan fingerprint density at radius 3 is 2.74 bits per heavy atom. The van der Waals surface area contributed by atoms with E-state index in [1.54, 1.807) is 27.2 Å². The van der Waals surface area contributed by atoms with E-state index < -0.39 is 12.1 Å². The normalized spacial score (nSPS) is 15.3. The molecule has 0 radical (unpaired) electrons. The highest BCUT2D eigenvalue weighted by molar-refractivity contribution is 6.04. The minimum Gasteiger partial charge on any atom is -0.497 e. The number of amides is 1. The Morgan fingerprint density at radius 1 is 1.23 bits per heavy atom. The van der Waals surface area contributed by atoms with E-state index in [9.17, 15) is 9.59 Å². The number of benzene rings is 1. The molecule has 10 nitrogen and oxygen atoms in total. The lowest BCUT2D eigenvalue weighted by molar-refractivity contribution is -0.124. The molecule has 1 amide bonds. The summed E-state index contributed by atoms with van der Waals surface area (Å²) in [7, 11) is 3.14. The highest BCUT2D eigenvalue weighted by Crippen LogP contribution is 2.28. The van der Waals surface area contributed by atoms with Gasteiger partial charge in [-0.15, -0.1) is 0 Å². The van der Waals surface area contributed by atoms with Crippen LogP contribution in [0, 0.1) is 0 Å². The molecule has 2 heterocycles. The Bertz CT molecular complexity index is 930. The molecule has 1 unspecified atom stereocenters. The van der Waals surface area contributed by atoms with Gasteiger partial charge in [-0.3, -0.25) is 4.79 Å². The van der Waals surface area contributed by atoms with Gasteiger partial charge in [0.2, 0.25) is 0 Å². The average molecular weight is 430 g/mol. The van der Waals surface area contributed by atoms with Crippen molar-refractivity contribution >= 4 is 23.4 Å². The van der Waals surface area contributed by atoms with Gasteiger partial charge in [-0.1, -0.05) is 0 Å². The summed E-state index contributed by atoms with van der Waals surface area (Å²) in [6, 6.07) is 5.42. The van der Waals surface area contributed by atoms with Crippen LogP contribution in [0.1, 0.15) is 35.8 Å². The Labute approximate surface area is 180 Å². The van der Waals surface area contributed by atoms with Gasteiger partial charge in [0.25, 0.3) is 5.91 Å². The number of hydrogen-bond donors (Lipinski definition) is 2. The molecule has 10 heteroatoms. The Balaban J connectivity index is 1.87. The van der Waals surface area contributed by atoms with Gasteiger partial charge >= 0.3 is 5.97 Å². The van der Waals surface area contributed by atoms with E-state index in [0.29, 0.717) is 31.1 Å². The van der Waals surface area contributed by atoms with Gasteiger partial charge in [0.05, 0.1) is 20.8 Å². The first kappa shape index (κ1) is 22.3. The summed E-state index contributed by atoms with van der Waals surface area (Å²) in [6.07, 6.45) is 2.07. The number of nitrogens with zero attached hydrogens (tertiary/aromatic N) is 2. The zero-order valence-electron chi connectivity index (χ0n) is 17.8. The van der Waals surface area contributed by atoms with Crippen molar-refractivity contribution in [1.29, 1.82) is 0 Å². The second-order valence-corrected chi connectivity index (χ2v) is 6.69. The topological polar surface area (TPSA) is 121 Å². The number of methoxy groups -OCH3 is 2. The molecule has 166 valence electrons. The van der Waals surface area contributed by atoms with E-state index in [0.717, 1.165) is 12.0 Å². The molecule has 1 fully saturated rings. The third kappa shape index (κ3) is 5.40. The largest absolute Gasteiger partial charge is 0.497 e. The van der Waals surface area contributed by atoms with Crippen molar-refractivity contribution in [3.63, 3.8) is 0 Å². The number of esters is 1. The number of carbonyl (C=O) groups is 2. The van der Waals surface area contributed by atoms with Crippen molar-refractivity contribution in [1.82, 2.24) is 9.97 Å². The smallest absolute Gasteiger partial charge is 0.359 e. The summed E-state index contributed by atoms with van der Waals surface area (Å²) in [5.74, 6) is 0.552. The molecule has 0 aliphatic carbocycles. The van der Waals surface area contributed by atoms with E-state index in [-0.39, 0.29) is 29.7 Å². The number of anilines is 2. The van der Waals surface area contributed by atoms with Gasteiger partial charge in [-0.25, -0.2) is 14.8 Å². The van der Waals surface area contributed by atoms with Crippen LogP contribution < -0.4 is 20.1 Å². The van der Waals surface area contributed by atoms with E-state index in [1.807, 2.05) is 12.1 Å². The maximum atomic E-state index is 12.6. The highest BCUT2D eigenvalue weighted by Gasteiger charge is 2.27. The van der Waals surface area contributed by atoms with Crippen LogP contribution in [0.3, 0.4) is 0 Å². The summed E-state index contributed by atoms with van der Waals surface area (Å²) in [6.45, 7) is 2.71. The molecule has 2 aromatic rings. The second-order valence-electron chi connectivity index (χ2n) is 6.69. The molecule has 0 spiro atoms. The number of carbonyl (C=O) groups excluding carboxylic acids is 2. The minimum atomic E-state index is -0.655. The van der Waals surface area contributed by atoms with E-state index in [1.165, 1.54) is 6.33 Å². The van der Waals surface area contributed by atoms with Crippen LogP contribution in [0.4, 0.5) is 11.5 Å². The van der Waals surface area contributed by atoms with Gasteiger partial charge in [0.1, 0.15) is 29.6 Å². The van der Waals surface area contributed by atoms with Crippen molar-refractivity contribution in [3.05, 3.63) is 35.8 Å². The summed E-state index contributed by atoms with van der Waals surface area (Å²) in [4.78, 5) is 33.3. The molecule has 31 heavy (non-hydrogen) atoms. The monoisotopic (exact) mass is 430 g/mol. The van der Waals surface area contributed by atoms with Crippen LogP contribution in [0.15, 0.2) is 24.5 Å². The standard InChI is InChI=1S/C21H26N4O6/c1-4-30-21(27)18-17(25-20(26)15-6-5-9-31-15)19(24-12-23-18)22-11-13-7-8-14(28-2)10-16(13)29-3/h7-8,10,12,15H,4-6,9,11H2,1-3H3,(H,25,26)(H,22,23,24). The van der Waals surface area contributed by atoms with Crippen molar-refractivity contribution < 1.29 is 28.5 Å². The van der Waals surface area contributed by atoms with Gasteiger partial charge < -0.3 is 29.6 Å². The summed E-state index contributed by atoms with van der Waals surface area (Å²) in [5.41, 5.74) is 0.942. The van der Waals surface area contributed by atoms with E-state index in [4.69, 9.17) is 18.9 Å².